The van der Waals surface area contributed by atoms with Gasteiger partial charge >= 0.3 is 5.69 Å². The molecule has 140 valence electrons. The van der Waals surface area contributed by atoms with Gasteiger partial charge in [0, 0.05) is 0 Å². The molecule has 0 spiro atoms. The molecule has 8 heteroatoms. The van der Waals surface area contributed by atoms with Crippen LogP contribution in [0.5, 0.6) is 5.75 Å². The number of tetrazole rings is 1. The van der Waals surface area contributed by atoms with Crippen molar-refractivity contribution < 1.29 is 9.53 Å². The van der Waals surface area contributed by atoms with Gasteiger partial charge in [-0.3, -0.25) is 4.79 Å². The van der Waals surface area contributed by atoms with E-state index in [9.17, 15) is 9.59 Å². The molecule has 1 N–H and O–H groups in total. The van der Waals surface area contributed by atoms with Crippen molar-refractivity contribution in [3.63, 3.8) is 0 Å². The van der Waals surface area contributed by atoms with Gasteiger partial charge in [0.1, 0.15) is 12.3 Å². The van der Waals surface area contributed by atoms with Crippen molar-refractivity contribution in [1.29, 1.82) is 0 Å². The second-order valence-electron chi connectivity index (χ2n) is 7.66. The summed E-state index contributed by atoms with van der Waals surface area (Å²) in [6.07, 6.45) is 2.96. The Kier molecular flexibility index (Phi) is 4.84. The Hall–Kier alpha value is -2.64. The molecule has 1 amide bonds. The Labute approximate surface area is 152 Å². The van der Waals surface area contributed by atoms with Crippen molar-refractivity contribution in [2.45, 2.75) is 58.0 Å². The van der Waals surface area contributed by atoms with E-state index in [2.05, 4.69) is 36.5 Å². The van der Waals surface area contributed by atoms with E-state index in [1.807, 2.05) is 18.2 Å². The van der Waals surface area contributed by atoms with Crippen LogP contribution in [0.4, 0.5) is 5.69 Å². The molecule has 1 aliphatic carbocycles. The van der Waals surface area contributed by atoms with Gasteiger partial charge in [-0.05, 0) is 52.8 Å². The van der Waals surface area contributed by atoms with Crippen LogP contribution in [-0.4, -0.2) is 32.8 Å². The molecule has 3 rings (SSSR count). The van der Waals surface area contributed by atoms with E-state index < -0.39 is 0 Å². The first-order chi connectivity index (χ1) is 12.3. The van der Waals surface area contributed by atoms with Gasteiger partial charge in [0.15, 0.2) is 0 Å². The molecule has 1 aliphatic rings. The number of nitrogens with zero attached hydrogens (tertiary/aromatic N) is 4. The Balaban J connectivity index is 1.76. The van der Waals surface area contributed by atoms with Crippen LogP contribution in [0.1, 0.15) is 51.6 Å². The minimum atomic E-state index is -0.350. The van der Waals surface area contributed by atoms with Crippen LogP contribution < -0.4 is 15.7 Å². The molecule has 0 radical (unpaired) electrons. The van der Waals surface area contributed by atoms with Crippen molar-refractivity contribution in [1.82, 2.24) is 19.8 Å². The minimum absolute atomic E-state index is 0.0614. The van der Waals surface area contributed by atoms with Gasteiger partial charge in [-0.1, -0.05) is 26.8 Å². The molecule has 0 atom stereocenters. The first-order valence-corrected chi connectivity index (χ1v) is 8.80. The van der Waals surface area contributed by atoms with Crippen molar-refractivity contribution in [2.24, 2.45) is 0 Å². The monoisotopic (exact) mass is 359 g/mol. The third-order valence-electron chi connectivity index (χ3n) is 4.71. The summed E-state index contributed by atoms with van der Waals surface area (Å²) in [7, 11) is 1.55. The Morgan fingerprint density at radius 1 is 1.31 bits per heavy atom. The van der Waals surface area contributed by atoms with Crippen molar-refractivity contribution in [3.8, 4) is 5.75 Å². The zero-order valence-electron chi connectivity index (χ0n) is 15.7. The Morgan fingerprint density at radius 3 is 2.62 bits per heavy atom. The zero-order valence-corrected chi connectivity index (χ0v) is 15.7. The first-order valence-electron chi connectivity index (χ1n) is 8.80. The van der Waals surface area contributed by atoms with E-state index in [0.29, 0.717) is 11.4 Å². The molecule has 8 nitrogen and oxygen atoms in total. The molecule has 1 saturated carbocycles. The van der Waals surface area contributed by atoms with Gasteiger partial charge < -0.3 is 10.1 Å². The topological polar surface area (TPSA) is 91.0 Å². The number of amides is 1. The maximum absolute atomic E-state index is 12.4. The SMILES string of the molecule is COc1ccc(C(C)(C)C)cc1NC(=O)Cn1nnn(C2CCC2)c1=O. The molecule has 0 unspecified atom stereocenters. The second kappa shape index (κ2) is 6.93. The van der Waals surface area contributed by atoms with Gasteiger partial charge in [0.2, 0.25) is 5.91 Å². The molecule has 2 aromatic rings. The van der Waals surface area contributed by atoms with Gasteiger partial charge in [0.05, 0.1) is 18.8 Å². The summed E-state index contributed by atoms with van der Waals surface area (Å²) >= 11 is 0. The molecule has 1 heterocycles. The normalized spacial score (nSPS) is 14.8. The lowest BCUT2D eigenvalue weighted by atomic mass is 9.87. The fraction of sp³-hybridized carbons (Fsp3) is 0.556. The molecular weight excluding hydrogens is 334 g/mol. The van der Waals surface area contributed by atoms with Crippen molar-refractivity contribution in [2.75, 3.05) is 12.4 Å². The number of carbonyl (C=O) groups excluding carboxylic acids is 1. The Morgan fingerprint density at radius 2 is 2.04 bits per heavy atom. The first kappa shape index (κ1) is 18.2. The van der Waals surface area contributed by atoms with Crippen LogP contribution >= 0.6 is 0 Å². The molecule has 1 fully saturated rings. The highest BCUT2D eigenvalue weighted by atomic mass is 16.5. The molecule has 0 bridgehead atoms. The number of ether oxygens (including phenoxy) is 1. The largest absolute Gasteiger partial charge is 0.495 e. The molecule has 1 aromatic carbocycles. The summed E-state index contributed by atoms with van der Waals surface area (Å²) in [5, 5.41) is 10.5. The lowest BCUT2D eigenvalue weighted by Gasteiger charge is -2.23. The van der Waals surface area contributed by atoms with Gasteiger partial charge in [0.25, 0.3) is 0 Å². The number of anilines is 1. The summed E-state index contributed by atoms with van der Waals surface area (Å²) in [5.41, 5.74) is 1.24. The van der Waals surface area contributed by atoms with Gasteiger partial charge in [-0.2, -0.15) is 9.36 Å². The number of rotatable bonds is 5. The molecule has 26 heavy (non-hydrogen) atoms. The highest BCUT2D eigenvalue weighted by Gasteiger charge is 2.24. The van der Waals surface area contributed by atoms with Gasteiger partial charge in [-0.25, -0.2) is 4.79 Å². The van der Waals surface area contributed by atoms with Crippen molar-refractivity contribution in [3.05, 3.63) is 34.2 Å². The number of nitrogens with one attached hydrogen (secondary N) is 1. The lowest BCUT2D eigenvalue weighted by Crippen LogP contribution is -2.33. The Bertz CT molecular complexity index is 858. The van der Waals surface area contributed by atoms with E-state index in [4.69, 9.17) is 4.74 Å². The zero-order chi connectivity index (χ0) is 18.9. The molecular formula is C18H25N5O3. The number of carbonyl (C=O) groups is 1. The number of aromatic nitrogens is 4. The second-order valence-corrected chi connectivity index (χ2v) is 7.66. The highest BCUT2D eigenvalue weighted by molar-refractivity contribution is 5.92. The number of hydrogen-bond donors (Lipinski definition) is 1. The molecule has 1 aromatic heterocycles. The van der Waals surface area contributed by atoms with E-state index >= 15 is 0 Å². The summed E-state index contributed by atoms with van der Waals surface area (Å²) in [6.45, 7) is 6.10. The van der Waals surface area contributed by atoms with Crippen LogP contribution in [0.3, 0.4) is 0 Å². The predicted octanol–water partition coefficient (Wildman–Crippen LogP) is 2.11. The van der Waals surface area contributed by atoms with Crippen LogP contribution in [0.15, 0.2) is 23.0 Å². The maximum atomic E-state index is 12.4. The smallest absolute Gasteiger partial charge is 0.364 e. The quantitative estimate of drug-likeness (QED) is 0.883. The van der Waals surface area contributed by atoms with Crippen LogP contribution in [-0.2, 0) is 16.8 Å². The van der Waals surface area contributed by atoms with E-state index in [1.165, 1.54) is 4.68 Å². The third-order valence-corrected chi connectivity index (χ3v) is 4.71. The van der Waals surface area contributed by atoms with Crippen LogP contribution in [0, 0.1) is 0 Å². The summed E-state index contributed by atoms with van der Waals surface area (Å²) < 4.78 is 7.79. The number of benzene rings is 1. The standard InChI is InChI=1S/C18H25N5O3/c1-18(2,3)12-8-9-15(26-4)14(10-12)19-16(24)11-22-17(25)23(21-20-22)13-6-5-7-13/h8-10,13H,5-7,11H2,1-4H3,(H,19,24). The summed E-state index contributed by atoms with van der Waals surface area (Å²) in [6, 6.07) is 5.81. The van der Waals surface area contributed by atoms with Gasteiger partial charge in [-0.15, -0.1) is 0 Å². The fourth-order valence-electron chi connectivity index (χ4n) is 2.84. The summed E-state index contributed by atoms with van der Waals surface area (Å²) in [4.78, 5) is 24.7. The minimum Gasteiger partial charge on any atom is -0.495 e. The average molecular weight is 359 g/mol. The average Bonchev–Trinajstić information content (AvgIpc) is 2.86. The summed E-state index contributed by atoms with van der Waals surface area (Å²) in [5.74, 6) is 0.217. The van der Waals surface area contributed by atoms with Crippen molar-refractivity contribution >= 4 is 11.6 Å². The molecule has 0 aliphatic heterocycles. The fourth-order valence-corrected chi connectivity index (χ4v) is 2.84. The van der Waals surface area contributed by atoms with E-state index in [0.717, 1.165) is 29.5 Å². The van der Waals surface area contributed by atoms with E-state index in [1.54, 1.807) is 7.11 Å². The third kappa shape index (κ3) is 3.63. The molecule has 0 saturated heterocycles. The lowest BCUT2D eigenvalue weighted by molar-refractivity contribution is -0.117. The predicted molar refractivity (Wildman–Crippen MR) is 97.5 cm³/mol. The number of methoxy groups -OCH3 is 1. The van der Waals surface area contributed by atoms with Crippen LogP contribution in [0.2, 0.25) is 0 Å². The highest BCUT2D eigenvalue weighted by Crippen LogP contribution is 2.31. The maximum Gasteiger partial charge on any atom is 0.364 e. The number of hydrogen-bond acceptors (Lipinski definition) is 5. The van der Waals surface area contributed by atoms with Crippen LogP contribution in [0.25, 0.3) is 0 Å². The van der Waals surface area contributed by atoms with E-state index in [-0.39, 0.29) is 29.6 Å².